The fourth-order valence-electron chi connectivity index (χ4n) is 0.837. The summed E-state index contributed by atoms with van der Waals surface area (Å²) in [5.74, 6) is 0.0341. The lowest BCUT2D eigenvalue weighted by atomic mass is 9.94. The first-order chi connectivity index (χ1) is 5.01. The Hall–Kier alpha value is -1.05. The molecule has 0 saturated heterocycles. The zero-order valence-corrected chi connectivity index (χ0v) is 7.16. The van der Waals surface area contributed by atoms with Crippen molar-refractivity contribution in [1.82, 2.24) is 4.90 Å². The van der Waals surface area contributed by atoms with Gasteiger partial charge in [0.05, 0.1) is 0 Å². The Kier molecular flexibility index (Phi) is 1.85. The van der Waals surface area contributed by atoms with Crippen LogP contribution in [-0.4, -0.2) is 17.9 Å². The van der Waals surface area contributed by atoms with E-state index in [1.807, 2.05) is 18.4 Å². The van der Waals surface area contributed by atoms with Gasteiger partial charge in [-0.1, -0.05) is 26.0 Å². The standard InChI is InChI=1S/C9H13NO/c1-9(2)5-4-8(11)10(3)7-6-9/h4-7H,1-3H3. The molecule has 0 fully saturated rings. The van der Waals surface area contributed by atoms with E-state index in [2.05, 4.69) is 13.8 Å². The van der Waals surface area contributed by atoms with Crippen molar-refractivity contribution in [3.8, 4) is 0 Å². The highest BCUT2D eigenvalue weighted by atomic mass is 16.2. The van der Waals surface area contributed by atoms with E-state index in [9.17, 15) is 4.79 Å². The Morgan fingerprint density at radius 2 is 2.00 bits per heavy atom. The average Bonchev–Trinajstić information content (AvgIpc) is 2.03. The number of nitrogens with zero attached hydrogens (tertiary/aromatic N) is 1. The van der Waals surface area contributed by atoms with Gasteiger partial charge in [-0.15, -0.1) is 0 Å². The molecule has 0 unspecified atom stereocenters. The van der Waals surface area contributed by atoms with Crippen LogP contribution >= 0.6 is 0 Å². The highest BCUT2D eigenvalue weighted by Crippen LogP contribution is 2.21. The van der Waals surface area contributed by atoms with Gasteiger partial charge >= 0.3 is 0 Å². The summed E-state index contributed by atoms with van der Waals surface area (Å²) in [7, 11) is 1.75. The van der Waals surface area contributed by atoms with Gasteiger partial charge in [0.15, 0.2) is 0 Å². The maximum absolute atomic E-state index is 11.1. The Morgan fingerprint density at radius 3 is 2.64 bits per heavy atom. The summed E-state index contributed by atoms with van der Waals surface area (Å²) in [5, 5.41) is 0. The minimum atomic E-state index is 0.000417. The van der Waals surface area contributed by atoms with Crippen LogP contribution in [0.1, 0.15) is 13.8 Å². The molecule has 2 heteroatoms. The molecule has 1 aliphatic heterocycles. The smallest absolute Gasteiger partial charge is 0.249 e. The molecule has 1 heterocycles. The molecule has 0 atom stereocenters. The van der Waals surface area contributed by atoms with Crippen LogP contribution in [0.3, 0.4) is 0 Å². The number of carbonyl (C=O) groups is 1. The summed E-state index contributed by atoms with van der Waals surface area (Å²) in [4.78, 5) is 12.7. The van der Waals surface area contributed by atoms with Crippen LogP contribution in [0.5, 0.6) is 0 Å². The first-order valence-electron chi connectivity index (χ1n) is 3.67. The van der Waals surface area contributed by atoms with E-state index < -0.39 is 0 Å². The molecular formula is C9H13NO. The molecule has 0 radical (unpaired) electrons. The van der Waals surface area contributed by atoms with Crippen LogP contribution in [0.25, 0.3) is 0 Å². The molecule has 1 rings (SSSR count). The van der Waals surface area contributed by atoms with Crippen molar-refractivity contribution in [2.45, 2.75) is 13.8 Å². The highest BCUT2D eigenvalue weighted by molar-refractivity contribution is 5.88. The molecule has 0 saturated carbocycles. The summed E-state index contributed by atoms with van der Waals surface area (Å²) >= 11 is 0. The molecule has 60 valence electrons. The normalized spacial score (nSPS) is 22.1. The molecule has 0 N–H and O–H groups in total. The number of likely N-dealkylation sites (N-methyl/N-ethyl adjacent to an activating group) is 1. The van der Waals surface area contributed by atoms with Crippen molar-refractivity contribution in [3.05, 3.63) is 24.4 Å². The van der Waals surface area contributed by atoms with Gasteiger partial charge in [-0.25, -0.2) is 0 Å². The molecule has 0 spiro atoms. The van der Waals surface area contributed by atoms with Crippen molar-refractivity contribution < 1.29 is 4.79 Å². The van der Waals surface area contributed by atoms with Gasteiger partial charge in [-0.3, -0.25) is 4.79 Å². The van der Waals surface area contributed by atoms with E-state index in [1.165, 1.54) is 0 Å². The quantitative estimate of drug-likeness (QED) is 0.514. The molecule has 0 aliphatic carbocycles. The molecule has 1 amide bonds. The minimum Gasteiger partial charge on any atom is -0.319 e. The zero-order chi connectivity index (χ0) is 8.48. The Morgan fingerprint density at radius 1 is 1.36 bits per heavy atom. The second kappa shape index (κ2) is 2.53. The third kappa shape index (κ3) is 1.93. The largest absolute Gasteiger partial charge is 0.319 e. The van der Waals surface area contributed by atoms with E-state index >= 15 is 0 Å². The second-order valence-corrected chi connectivity index (χ2v) is 3.42. The van der Waals surface area contributed by atoms with E-state index in [1.54, 1.807) is 18.0 Å². The highest BCUT2D eigenvalue weighted by Gasteiger charge is 2.14. The lowest BCUT2D eigenvalue weighted by molar-refractivity contribution is -0.122. The van der Waals surface area contributed by atoms with Crippen molar-refractivity contribution in [1.29, 1.82) is 0 Å². The number of hydrogen-bond acceptors (Lipinski definition) is 1. The Bertz CT molecular complexity index is 226. The van der Waals surface area contributed by atoms with Gasteiger partial charge < -0.3 is 4.90 Å². The summed E-state index contributed by atoms with van der Waals surface area (Å²) in [6, 6.07) is 0. The molecular weight excluding hydrogens is 138 g/mol. The number of allylic oxidation sites excluding steroid dienone is 2. The SMILES string of the molecule is CN1C=CC(C)(C)C=CC1=O. The summed E-state index contributed by atoms with van der Waals surface area (Å²) in [6.07, 6.45) is 7.34. The lowest BCUT2D eigenvalue weighted by Gasteiger charge is -2.12. The summed E-state index contributed by atoms with van der Waals surface area (Å²) in [6.45, 7) is 4.12. The fourth-order valence-corrected chi connectivity index (χ4v) is 0.837. The molecule has 0 aromatic carbocycles. The van der Waals surface area contributed by atoms with Crippen molar-refractivity contribution >= 4 is 5.91 Å². The van der Waals surface area contributed by atoms with Crippen molar-refractivity contribution in [3.63, 3.8) is 0 Å². The number of carbonyl (C=O) groups excluding carboxylic acids is 1. The van der Waals surface area contributed by atoms with E-state index in [-0.39, 0.29) is 11.3 Å². The van der Waals surface area contributed by atoms with Gasteiger partial charge in [0, 0.05) is 24.7 Å². The van der Waals surface area contributed by atoms with Crippen LogP contribution in [0, 0.1) is 5.41 Å². The number of amides is 1. The van der Waals surface area contributed by atoms with Gasteiger partial charge in [-0.2, -0.15) is 0 Å². The maximum Gasteiger partial charge on any atom is 0.249 e. The monoisotopic (exact) mass is 151 g/mol. The van der Waals surface area contributed by atoms with Crippen LogP contribution in [0.15, 0.2) is 24.4 Å². The van der Waals surface area contributed by atoms with Gasteiger partial charge in [0.1, 0.15) is 0 Å². The van der Waals surface area contributed by atoms with E-state index in [0.717, 1.165) is 0 Å². The molecule has 1 aliphatic rings. The fraction of sp³-hybridized carbons (Fsp3) is 0.444. The summed E-state index contributed by atoms with van der Waals surface area (Å²) in [5.41, 5.74) is 0.000417. The first-order valence-corrected chi connectivity index (χ1v) is 3.67. The average molecular weight is 151 g/mol. The van der Waals surface area contributed by atoms with E-state index in [0.29, 0.717) is 0 Å². The molecule has 11 heavy (non-hydrogen) atoms. The van der Waals surface area contributed by atoms with Gasteiger partial charge in [0.25, 0.3) is 0 Å². The van der Waals surface area contributed by atoms with Crippen LogP contribution < -0.4 is 0 Å². The van der Waals surface area contributed by atoms with Crippen LogP contribution in [-0.2, 0) is 4.79 Å². The van der Waals surface area contributed by atoms with E-state index in [4.69, 9.17) is 0 Å². The van der Waals surface area contributed by atoms with Crippen LogP contribution in [0.4, 0.5) is 0 Å². The van der Waals surface area contributed by atoms with Crippen molar-refractivity contribution in [2.24, 2.45) is 5.41 Å². The van der Waals surface area contributed by atoms with Gasteiger partial charge in [0.2, 0.25) is 5.91 Å². The number of hydrogen-bond donors (Lipinski definition) is 0. The summed E-state index contributed by atoms with van der Waals surface area (Å²) < 4.78 is 0. The third-order valence-electron chi connectivity index (χ3n) is 1.73. The van der Waals surface area contributed by atoms with Gasteiger partial charge in [-0.05, 0) is 0 Å². The Balaban J connectivity index is 2.93. The number of rotatable bonds is 0. The van der Waals surface area contributed by atoms with Crippen molar-refractivity contribution in [2.75, 3.05) is 7.05 Å². The van der Waals surface area contributed by atoms with Crippen LogP contribution in [0.2, 0.25) is 0 Å². The third-order valence-corrected chi connectivity index (χ3v) is 1.73. The predicted octanol–water partition coefficient (Wildman–Crippen LogP) is 1.55. The Labute approximate surface area is 67.2 Å². The zero-order valence-electron chi connectivity index (χ0n) is 7.16. The second-order valence-electron chi connectivity index (χ2n) is 3.42. The molecule has 0 aromatic heterocycles. The molecule has 0 aromatic rings. The minimum absolute atomic E-state index is 0.000417. The maximum atomic E-state index is 11.1. The topological polar surface area (TPSA) is 20.3 Å². The lowest BCUT2D eigenvalue weighted by Crippen LogP contribution is -2.16. The molecule has 2 nitrogen and oxygen atoms in total. The first kappa shape index (κ1) is 8.05. The molecule has 0 bridgehead atoms. The predicted molar refractivity (Wildman–Crippen MR) is 44.8 cm³/mol.